The minimum atomic E-state index is -0.144. The van der Waals surface area contributed by atoms with Crippen LogP contribution in [0.5, 0.6) is 0 Å². The fourth-order valence-electron chi connectivity index (χ4n) is 1.81. The molecule has 1 aromatic heterocycles. The smallest absolute Gasteiger partial charge is 0.274 e. The van der Waals surface area contributed by atoms with Gasteiger partial charge in [-0.1, -0.05) is 0 Å². The summed E-state index contributed by atoms with van der Waals surface area (Å²) in [6, 6.07) is 0. The molecule has 0 aromatic carbocycles. The molecule has 1 atom stereocenters. The van der Waals surface area contributed by atoms with E-state index in [4.69, 9.17) is 10.6 Å². The molecule has 7 nitrogen and oxygen atoms in total. The van der Waals surface area contributed by atoms with Gasteiger partial charge in [0, 0.05) is 20.2 Å². The molecule has 3 N–H and O–H groups in total. The quantitative estimate of drug-likeness (QED) is 0.550. The Morgan fingerprint density at radius 2 is 2.47 bits per heavy atom. The first kappa shape index (κ1) is 11.7. The molecule has 0 saturated carbocycles. The van der Waals surface area contributed by atoms with Crippen molar-refractivity contribution >= 4 is 11.7 Å². The van der Waals surface area contributed by atoms with E-state index in [0.29, 0.717) is 18.9 Å². The maximum atomic E-state index is 12.1. The average molecular weight is 237 g/mol. The Bertz CT molecular complexity index is 411. The highest BCUT2D eigenvalue weighted by Crippen LogP contribution is 2.14. The Morgan fingerprint density at radius 3 is 3.12 bits per heavy atom. The van der Waals surface area contributed by atoms with Crippen LogP contribution in [0.25, 0.3) is 0 Å². The van der Waals surface area contributed by atoms with Crippen LogP contribution in [0.4, 0.5) is 5.82 Å². The van der Waals surface area contributed by atoms with Crippen LogP contribution in [0, 0.1) is 0 Å². The Labute approximate surface area is 98.9 Å². The molecule has 1 fully saturated rings. The lowest BCUT2D eigenvalue weighted by atomic mass is 10.3. The third-order valence-corrected chi connectivity index (χ3v) is 2.77. The van der Waals surface area contributed by atoms with Crippen molar-refractivity contribution in [3.63, 3.8) is 0 Å². The van der Waals surface area contributed by atoms with Crippen LogP contribution in [0.1, 0.15) is 16.9 Å². The first-order valence-electron chi connectivity index (χ1n) is 5.35. The molecular formula is C10H15N5O2. The van der Waals surface area contributed by atoms with Crippen molar-refractivity contribution in [2.75, 3.05) is 25.6 Å². The van der Waals surface area contributed by atoms with Crippen molar-refractivity contribution < 1.29 is 9.53 Å². The van der Waals surface area contributed by atoms with Crippen LogP contribution in [-0.2, 0) is 4.74 Å². The number of hydrogen-bond donors (Lipinski definition) is 2. The average Bonchev–Trinajstić information content (AvgIpc) is 2.86. The summed E-state index contributed by atoms with van der Waals surface area (Å²) in [6.45, 7) is 1.27. The number of amides is 1. The fourth-order valence-corrected chi connectivity index (χ4v) is 1.81. The number of methoxy groups -OCH3 is 1. The predicted molar refractivity (Wildman–Crippen MR) is 61.2 cm³/mol. The van der Waals surface area contributed by atoms with Gasteiger partial charge in [-0.05, 0) is 6.42 Å². The number of carbonyl (C=O) groups excluding carboxylic acids is 1. The summed E-state index contributed by atoms with van der Waals surface area (Å²) < 4.78 is 5.21. The summed E-state index contributed by atoms with van der Waals surface area (Å²) in [5.74, 6) is 5.45. The summed E-state index contributed by atoms with van der Waals surface area (Å²) >= 11 is 0. The number of ether oxygens (including phenoxy) is 1. The summed E-state index contributed by atoms with van der Waals surface area (Å²) in [6.07, 6.45) is 3.86. The van der Waals surface area contributed by atoms with Gasteiger partial charge in [0.15, 0.2) is 5.82 Å². The van der Waals surface area contributed by atoms with Gasteiger partial charge in [0.2, 0.25) is 0 Å². The number of hydrogen-bond acceptors (Lipinski definition) is 6. The Morgan fingerprint density at radius 1 is 1.65 bits per heavy atom. The lowest BCUT2D eigenvalue weighted by Crippen LogP contribution is -2.31. The third kappa shape index (κ3) is 2.51. The molecule has 92 valence electrons. The van der Waals surface area contributed by atoms with Crippen molar-refractivity contribution in [2.45, 2.75) is 12.5 Å². The zero-order chi connectivity index (χ0) is 12.3. The molecule has 0 bridgehead atoms. The van der Waals surface area contributed by atoms with Gasteiger partial charge in [-0.2, -0.15) is 0 Å². The van der Waals surface area contributed by atoms with E-state index in [2.05, 4.69) is 15.4 Å². The first-order valence-corrected chi connectivity index (χ1v) is 5.35. The third-order valence-electron chi connectivity index (χ3n) is 2.77. The number of anilines is 1. The van der Waals surface area contributed by atoms with Gasteiger partial charge in [0.25, 0.3) is 5.91 Å². The highest BCUT2D eigenvalue weighted by atomic mass is 16.5. The van der Waals surface area contributed by atoms with Crippen LogP contribution in [0.15, 0.2) is 12.4 Å². The number of aromatic nitrogens is 2. The van der Waals surface area contributed by atoms with Crippen molar-refractivity contribution in [3.05, 3.63) is 18.1 Å². The SMILES string of the molecule is COC1CCN(C(=O)c2cncc(NN)n2)C1. The molecule has 1 unspecified atom stereocenters. The fraction of sp³-hybridized carbons (Fsp3) is 0.500. The number of nitrogens with zero attached hydrogens (tertiary/aromatic N) is 3. The van der Waals surface area contributed by atoms with Gasteiger partial charge >= 0.3 is 0 Å². The summed E-state index contributed by atoms with van der Waals surface area (Å²) in [4.78, 5) is 21.7. The van der Waals surface area contributed by atoms with Gasteiger partial charge in [0.1, 0.15) is 5.69 Å². The molecule has 17 heavy (non-hydrogen) atoms. The van der Waals surface area contributed by atoms with E-state index >= 15 is 0 Å². The molecule has 0 radical (unpaired) electrons. The second-order valence-corrected chi connectivity index (χ2v) is 3.83. The van der Waals surface area contributed by atoms with E-state index in [1.54, 1.807) is 12.0 Å². The van der Waals surface area contributed by atoms with E-state index in [-0.39, 0.29) is 17.7 Å². The summed E-state index contributed by atoms with van der Waals surface area (Å²) in [7, 11) is 1.65. The van der Waals surface area contributed by atoms with E-state index in [9.17, 15) is 4.79 Å². The number of likely N-dealkylation sites (tertiary alicyclic amines) is 1. The highest BCUT2D eigenvalue weighted by Gasteiger charge is 2.27. The molecule has 2 rings (SSSR count). The molecule has 1 aromatic rings. The van der Waals surface area contributed by atoms with Crippen LogP contribution in [0.3, 0.4) is 0 Å². The van der Waals surface area contributed by atoms with Gasteiger partial charge < -0.3 is 15.1 Å². The Kier molecular flexibility index (Phi) is 3.50. The second-order valence-electron chi connectivity index (χ2n) is 3.83. The molecule has 2 heterocycles. The Balaban J connectivity index is 2.09. The molecule has 1 aliphatic heterocycles. The van der Waals surface area contributed by atoms with E-state index in [1.165, 1.54) is 12.4 Å². The minimum absolute atomic E-state index is 0.114. The van der Waals surface area contributed by atoms with Gasteiger partial charge in [-0.15, -0.1) is 0 Å². The van der Waals surface area contributed by atoms with Gasteiger partial charge in [0.05, 0.1) is 18.5 Å². The predicted octanol–water partition coefficient (Wildman–Crippen LogP) is -0.377. The number of nitrogens with one attached hydrogen (secondary N) is 1. The number of carbonyl (C=O) groups is 1. The second kappa shape index (κ2) is 5.07. The van der Waals surface area contributed by atoms with Crippen LogP contribution in [0.2, 0.25) is 0 Å². The largest absolute Gasteiger partial charge is 0.380 e. The number of nitrogen functional groups attached to an aromatic ring is 1. The van der Waals surface area contributed by atoms with Crippen LogP contribution in [-0.4, -0.2) is 47.1 Å². The lowest BCUT2D eigenvalue weighted by Gasteiger charge is -2.15. The first-order chi connectivity index (χ1) is 8.24. The van der Waals surface area contributed by atoms with Crippen molar-refractivity contribution in [1.29, 1.82) is 0 Å². The van der Waals surface area contributed by atoms with E-state index in [1.807, 2.05) is 0 Å². The van der Waals surface area contributed by atoms with E-state index < -0.39 is 0 Å². The monoisotopic (exact) mass is 237 g/mol. The molecule has 1 aliphatic rings. The molecule has 1 amide bonds. The van der Waals surface area contributed by atoms with E-state index in [0.717, 1.165) is 6.42 Å². The van der Waals surface area contributed by atoms with Crippen LogP contribution < -0.4 is 11.3 Å². The van der Waals surface area contributed by atoms with Crippen molar-refractivity contribution in [2.24, 2.45) is 5.84 Å². The highest BCUT2D eigenvalue weighted by molar-refractivity contribution is 5.92. The minimum Gasteiger partial charge on any atom is -0.380 e. The number of rotatable bonds is 3. The number of hydrazine groups is 1. The molecular weight excluding hydrogens is 222 g/mol. The van der Waals surface area contributed by atoms with Crippen molar-refractivity contribution in [3.8, 4) is 0 Å². The molecule has 1 saturated heterocycles. The van der Waals surface area contributed by atoms with Crippen LogP contribution >= 0.6 is 0 Å². The molecule has 0 aliphatic carbocycles. The van der Waals surface area contributed by atoms with Gasteiger partial charge in [-0.25, -0.2) is 10.8 Å². The Hall–Kier alpha value is -1.73. The van der Waals surface area contributed by atoms with Crippen molar-refractivity contribution in [1.82, 2.24) is 14.9 Å². The lowest BCUT2D eigenvalue weighted by molar-refractivity contribution is 0.0718. The maximum Gasteiger partial charge on any atom is 0.274 e. The zero-order valence-corrected chi connectivity index (χ0v) is 9.59. The molecule has 0 spiro atoms. The standard InChI is InChI=1S/C10H15N5O2/c1-17-7-2-3-15(6-7)10(16)8-4-12-5-9(13-8)14-11/h4-5,7H,2-3,6,11H2,1H3,(H,13,14). The zero-order valence-electron chi connectivity index (χ0n) is 9.59. The normalized spacial score (nSPS) is 19.4. The summed E-state index contributed by atoms with van der Waals surface area (Å²) in [5.41, 5.74) is 2.65. The van der Waals surface area contributed by atoms with Gasteiger partial charge in [-0.3, -0.25) is 9.78 Å². The molecule has 7 heteroatoms. The number of nitrogens with two attached hydrogens (primary N) is 1. The topological polar surface area (TPSA) is 93.4 Å². The summed E-state index contributed by atoms with van der Waals surface area (Å²) in [5, 5.41) is 0. The maximum absolute atomic E-state index is 12.1.